The lowest BCUT2D eigenvalue weighted by Gasteiger charge is -1.89. The van der Waals surface area contributed by atoms with Gasteiger partial charge in [0.1, 0.15) is 4.34 Å². The van der Waals surface area contributed by atoms with Crippen molar-refractivity contribution in [2.45, 2.75) is 0 Å². The molecule has 6 heteroatoms. The molecule has 1 amide bonds. The fourth-order valence-corrected chi connectivity index (χ4v) is 1.21. The third kappa shape index (κ3) is 1.85. The number of anilines is 1. The maximum Gasteiger partial charge on any atom is 0.410 e. The second kappa shape index (κ2) is 2.85. The van der Waals surface area contributed by atoms with Crippen LogP contribution in [-0.2, 0) is 0 Å². The largest absolute Gasteiger partial charge is 0.465 e. The van der Waals surface area contributed by atoms with Gasteiger partial charge in [-0.3, -0.25) is 5.32 Å². The number of thiazole rings is 1. The van der Waals surface area contributed by atoms with Gasteiger partial charge in [-0.2, -0.15) is 0 Å². The number of carbonyl (C=O) groups is 1. The van der Waals surface area contributed by atoms with E-state index in [1.165, 1.54) is 6.20 Å². The summed E-state index contributed by atoms with van der Waals surface area (Å²) in [4.78, 5) is 13.6. The van der Waals surface area contributed by atoms with Crippen molar-refractivity contribution in [2.24, 2.45) is 0 Å². The number of nitrogens with one attached hydrogen (secondary N) is 1. The molecule has 0 bridgehead atoms. The highest BCUT2D eigenvalue weighted by molar-refractivity contribution is 7.19. The summed E-state index contributed by atoms with van der Waals surface area (Å²) in [5, 5.41) is 10.5. The molecule has 1 aromatic heterocycles. The first-order chi connectivity index (χ1) is 4.68. The molecular formula is C4H3ClN2O2S. The average molecular weight is 179 g/mol. The molecule has 0 radical (unpaired) electrons. The number of carboxylic acid groups (broad SMARTS) is 1. The molecule has 0 aliphatic carbocycles. The van der Waals surface area contributed by atoms with E-state index in [-0.39, 0.29) is 5.13 Å². The molecule has 0 saturated carbocycles. The lowest BCUT2D eigenvalue weighted by Crippen LogP contribution is -2.06. The molecule has 1 rings (SSSR count). The second-order valence-corrected chi connectivity index (χ2v) is 3.06. The first kappa shape index (κ1) is 7.30. The first-order valence-electron chi connectivity index (χ1n) is 2.30. The molecule has 1 heterocycles. The lowest BCUT2D eigenvalue weighted by molar-refractivity contribution is 0.209. The van der Waals surface area contributed by atoms with Gasteiger partial charge in [0.15, 0.2) is 5.13 Å². The van der Waals surface area contributed by atoms with Crippen LogP contribution in [-0.4, -0.2) is 16.2 Å². The summed E-state index contributed by atoms with van der Waals surface area (Å²) in [5.74, 6) is 0. The molecule has 0 atom stereocenters. The number of aromatic nitrogens is 1. The van der Waals surface area contributed by atoms with Gasteiger partial charge >= 0.3 is 6.09 Å². The fourth-order valence-electron chi connectivity index (χ4n) is 0.404. The maximum atomic E-state index is 9.99. The van der Waals surface area contributed by atoms with E-state index in [1.807, 2.05) is 0 Å². The molecule has 0 fully saturated rings. The minimum absolute atomic E-state index is 0.289. The van der Waals surface area contributed by atoms with E-state index in [1.54, 1.807) is 0 Å². The fraction of sp³-hybridized carbons (Fsp3) is 0. The molecule has 54 valence electrons. The molecule has 1 aromatic rings. The maximum absolute atomic E-state index is 9.99. The Hall–Kier alpha value is -0.810. The van der Waals surface area contributed by atoms with Crippen LogP contribution in [0.3, 0.4) is 0 Å². The number of halogens is 1. The van der Waals surface area contributed by atoms with Crippen molar-refractivity contribution in [3.63, 3.8) is 0 Å². The zero-order chi connectivity index (χ0) is 7.56. The second-order valence-electron chi connectivity index (χ2n) is 1.40. The topological polar surface area (TPSA) is 62.2 Å². The van der Waals surface area contributed by atoms with E-state index in [9.17, 15) is 4.79 Å². The zero-order valence-electron chi connectivity index (χ0n) is 4.67. The van der Waals surface area contributed by atoms with Crippen LogP contribution in [0.2, 0.25) is 4.34 Å². The summed E-state index contributed by atoms with van der Waals surface area (Å²) >= 11 is 6.55. The molecule has 0 saturated heterocycles. The number of amides is 1. The molecule has 4 nitrogen and oxygen atoms in total. The van der Waals surface area contributed by atoms with Crippen LogP contribution in [0.1, 0.15) is 0 Å². The smallest absolute Gasteiger partial charge is 0.410 e. The van der Waals surface area contributed by atoms with Crippen molar-refractivity contribution in [1.29, 1.82) is 0 Å². The zero-order valence-corrected chi connectivity index (χ0v) is 6.24. The van der Waals surface area contributed by atoms with Crippen molar-refractivity contribution >= 4 is 34.2 Å². The Kier molecular flexibility index (Phi) is 2.08. The Labute approximate surface area is 65.5 Å². The van der Waals surface area contributed by atoms with E-state index in [2.05, 4.69) is 10.3 Å². The van der Waals surface area contributed by atoms with Crippen LogP contribution in [0, 0.1) is 0 Å². The van der Waals surface area contributed by atoms with Crippen molar-refractivity contribution in [2.75, 3.05) is 5.32 Å². The monoisotopic (exact) mass is 178 g/mol. The summed E-state index contributed by atoms with van der Waals surface area (Å²) in [5.41, 5.74) is 0. The molecular weight excluding hydrogens is 176 g/mol. The number of hydrogen-bond acceptors (Lipinski definition) is 3. The Morgan fingerprint density at radius 1 is 1.90 bits per heavy atom. The Balaban J connectivity index is 2.67. The SMILES string of the molecule is O=C(O)Nc1ncc(Cl)s1. The molecule has 10 heavy (non-hydrogen) atoms. The Bertz CT molecular complexity index is 249. The van der Waals surface area contributed by atoms with Crippen LogP contribution in [0.15, 0.2) is 6.20 Å². The molecule has 0 spiro atoms. The molecule has 0 unspecified atom stereocenters. The standard InChI is InChI=1S/C4H3ClN2O2S/c5-2-1-6-3(10-2)7-4(8)9/h1H,(H,6,7)(H,8,9). The number of rotatable bonds is 1. The van der Waals surface area contributed by atoms with Gasteiger partial charge in [0.2, 0.25) is 0 Å². The average Bonchev–Trinajstić information content (AvgIpc) is 2.13. The minimum Gasteiger partial charge on any atom is -0.465 e. The summed E-state index contributed by atoms with van der Waals surface area (Å²) in [7, 11) is 0. The Morgan fingerprint density at radius 3 is 3.00 bits per heavy atom. The van der Waals surface area contributed by atoms with E-state index < -0.39 is 6.09 Å². The lowest BCUT2D eigenvalue weighted by atomic mass is 11.0. The van der Waals surface area contributed by atoms with Gasteiger partial charge in [-0.05, 0) is 0 Å². The van der Waals surface area contributed by atoms with E-state index in [0.29, 0.717) is 4.34 Å². The van der Waals surface area contributed by atoms with Crippen LogP contribution in [0.25, 0.3) is 0 Å². The third-order valence-corrected chi connectivity index (χ3v) is 1.72. The summed E-state index contributed by atoms with van der Waals surface area (Å²) < 4.78 is 0.462. The van der Waals surface area contributed by atoms with Gasteiger partial charge in [0, 0.05) is 0 Å². The number of hydrogen-bond donors (Lipinski definition) is 2. The van der Waals surface area contributed by atoms with Crippen LogP contribution in [0.5, 0.6) is 0 Å². The van der Waals surface area contributed by atoms with E-state index in [4.69, 9.17) is 16.7 Å². The van der Waals surface area contributed by atoms with Crippen LogP contribution < -0.4 is 5.32 Å². The van der Waals surface area contributed by atoms with Crippen LogP contribution in [0.4, 0.5) is 9.93 Å². The van der Waals surface area contributed by atoms with Gasteiger partial charge < -0.3 is 5.11 Å². The van der Waals surface area contributed by atoms with E-state index >= 15 is 0 Å². The van der Waals surface area contributed by atoms with Crippen molar-refractivity contribution in [3.8, 4) is 0 Å². The highest BCUT2D eigenvalue weighted by Crippen LogP contribution is 2.21. The number of nitrogens with zero attached hydrogens (tertiary/aromatic N) is 1. The molecule has 0 aliphatic heterocycles. The predicted molar refractivity (Wildman–Crippen MR) is 38.8 cm³/mol. The molecule has 2 N–H and O–H groups in total. The van der Waals surface area contributed by atoms with Crippen molar-refractivity contribution < 1.29 is 9.90 Å². The molecule has 0 aromatic carbocycles. The summed E-state index contributed by atoms with van der Waals surface area (Å²) in [6.45, 7) is 0. The van der Waals surface area contributed by atoms with Crippen molar-refractivity contribution in [3.05, 3.63) is 10.5 Å². The van der Waals surface area contributed by atoms with Gasteiger partial charge in [-0.1, -0.05) is 22.9 Å². The predicted octanol–water partition coefficient (Wildman–Crippen LogP) is 1.89. The van der Waals surface area contributed by atoms with Gasteiger partial charge in [-0.15, -0.1) is 0 Å². The van der Waals surface area contributed by atoms with Crippen molar-refractivity contribution in [1.82, 2.24) is 4.98 Å². The highest BCUT2D eigenvalue weighted by Gasteiger charge is 2.01. The van der Waals surface area contributed by atoms with Gasteiger partial charge in [-0.25, -0.2) is 9.78 Å². The summed E-state index contributed by atoms with van der Waals surface area (Å²) in [6.07, 6.45) is 0.253. The Morgan fingerprint density at radius 2 is 2.60 bits per heavy atom. The van der Waals surface area contributed by atoms with E-state index in [0.717, 1.165) is 11.3 Å². The summed E-state index contributed by atoms with van der Waals surface area (Å²) in [6, 6.07) is 0. The van der Waals surface area contributed by atoms with Crippen LogP contribution >= 0.6 is 22.9 Å². The minimum atomic E-state index is -1.13. The molecule has 0 aliphatic rings. The van der Waals surface area contributed by atoms with Gasteiger partial charge in [0.05, 0.1) is 6.20 Å². The highest BCUT2D eigenvalue weighted by atomic mass is 35.5. The third-order valence-electron chi connectivity index (χ3n) is 0.691. The first-order valence-corrected chi connectivity index (χ1v) is 3.49. The quantitative estimate of drug-likeness (QED) is 0.690. The normalized spacial score (nSPS) is 9.30. The van der Waals surface area contributed by atoms with Gasteiger partial charge in [0.25, 0.3) is 0 Å².